The van der Waals surface area contributed by atoms with E-state index in [1.54, 1.807) is 22.6 Å². The molecule has 0 fully saturated rings. The van der Waals surface area contributed by atoms with Crippen LogP contribution >= 0.6 is 22.6 Å². The van der Waals surface area contributed by atoms with E-state index in [9.17, 15) is 15.3 Å². The Labute approximate surface area is 100 Å². The lowest BCUT2D eigenvalue weighted by atomic mass is 9.76. The van der Waals surface area contributed by atoms with Gasteiger partial charge in [-0.25, -0.2) is 0 Å². The van der Waals surface area contributed by atoms with Crippen molar-refractivity contribution in [2.45, 2.75) is 27.8 Å². The minimum atomic E-state index is -2.29. The molecule has 0 saturated carbocycles. The summed E-state index contributed by atoms with van der Waals surface area (Å²) in [6, 6.07) is 0. The Kier molecular flexibility index (Phi) is 2.74. The van der Waals surface area contributed by atoms with Crippen molar-refractivity contribution in [3.05, 3.63) is 11.5 Å². The summed E-state index contributed by atoms with van der Waals surface area (Å²) in [6.07, 6.45) is -1.60. The van der Waals surface area contributed by atoms with E-state index in [1.807, 2.05) is 0 Å². The Morgan fingerprint density at radius 1 is 1.33 bits per heavy atom. The Morgan fingerprint density at radius 2 is 1.73 bits per heavy atom. The molecule has 0 radical (unpaired) electrons. The molecule has 1 aliphatic carbocycles. The second kappa shape index (κ2) is 3.18. The molecule has 11 N–H and O–H groups in total. The molecule has 0 aromatic rings. The fraction of sp³-hybridized carbons (Fsp3) is 0.714. The number of hydrogen-bond donors (Lipinski definition) is 7. The smallest absolute Gasteiger partial charge is 0.186 e. The molecule has 0 amide bonds. The van der Waals surface area contributed by atoms with E-state index in [2.05, 4.69) is 0 Å². The standard InChI is InChI=1S/C7H15IN4O3/c1-5(10)3(13)2(9)6(11,15)4(14)7(5,8)12/h4,13-15H,9-12H2,1H3/t4?,5-,6-,7+/m1/s1. The largest absolute Gasteiger partial charge is 0.508 e. The minimum absolute atomic E-state index is 0.474. The molecule has 0 heterocycles. The molecule has 7 nitrogen and oxygen atoms in total. The van der Waals surface area contributed by atoms with Crippen molar-refractivity contribution in [1.82, 2.24) is 0 Å². The Hall–Kier alpha value is -0.130. The molecule has 0 saturated heterocycles. The summed E-state index contributed by atoms with van der Waals surface area (Å²) in [7, 11) is 0. The van der Waals surface area contributed by atoms with Gasteiger partial charge in [0.05, 0.1) is 5.70 Å². The fourth-order valence-electron chi connectivity index (χ4n) is 1.40. The van der Waals surface area contributed by atoms with Gasteiger partial charge in [-0.05, 0) is 6.92 Å². The third kappa shape index (κ3) is 1.44. The molecule has 1 rings (SSSR count). The van der Waals surface area contributed by atoms with Gasteiger partial charge in [0.2, 0.25) is 0 Å². The van der Waals surface area contributed by atoms with Gasteiger partial charge in [0.1, 0.15) is 20.9 Å². The first kappa shape index (κ1) is 12.9. The van der Waals surface area contributed by atoms with Gasteiger partial charge >= 0.3 is 0 Å². The summed E-state index contributed by atoms with van der Waals surface area (Å²) in [4.78, 5) is 0. The van der Waals surface area contributed by atoms with Gasteiger partial charge in [0.15, 0.2) is 5.72 Å². The molecule has 1 aliphatic rings. The van der Waals surface area contributed by atoms with Crippen LogP contribution in [0.15, 0.2) is 11.5 Å². The van der Waals surface area contributed by atoms with Crippen molar-refractivity contribution in [1.29, 1.82) is 0 Å². The molecule has 15 heavy (non-hydrogen) atoms. The van der Waals surface area contributed by atoms with Crippen LogP contribution in [-0.2, 0) is 0 Å². The maximum absolute atomic E-state index is 9.78. The summed E-state index contributed by atoms with van der Waals surface area (Å²) in [6.45, 7) is 1.39. The van der Waals surface area contributed by atoms with Crippen LogP contribution in [0.4, 0.5) is 0 Å². The maximum Gasteiger partial charge on any atom is 0.186 e. The summed E-state index contributed by atoms with van der Waals surface area (Å²) < 4.78 is -1.54. The SMILES string of the molecule is C[C@@]1(N)C(O)=C(N)[C@@](N)(O)C(O)[C@@]1(N)I. The van der Waals surface area contributed by atoms with Crippen LogP contribution in [0.25, 0.3) is 0 Å². The predicted octanol–water partition coefficient (Wildman–Crippen LogP) is -2.46. The van der Waals surface area contributed by atoms with Gasteiger partial charge < -0.3 is 32.5 Å². The molecule has 88 valence electrons. The van der Waals surface area contributed by atoms with E-state index in [0.29, 0.717) is 0 Å². The van der Waals surface area contributed by atoms with Crippen molar-refractivity contribution in [2.75, 3.05) is 0 Å². The maximum atomic E-state index is 9.78. The molecule has 0 aromatic heterocycles. The molecule has 0 bridgehead atoms. The Bertz CT molecular complexity index is 326. The summed E-state index contributed by atoms with van der Waals surface area (Å²) in [5.74, 6) is -0.519. The third-order valence-electron chi connectivity index (χ3n) is 2.79. The highest BCUT2D eigenvalue weighted by molar-refractivity contribution is 14.1. The zero-order valence-corrected chi connectivity index (χ0v) is 10.3. The number of hydrogen-bond acceptors (Lipinski definition) is 7. The van der Waals surface area contributed by atoms with Crippen LogP contribution in [0.5, 0.6) is 0 Å². The van der Waals surface area contributed by atoms with Gasteiger partial charge in [-0.3, -0.25) is 5.73 Å². The third-order valence-corrected chi connectivity index (χ3v) is 4.50. The van der Waals surface area contributed by atoms with Gasteiger partial charge in [0.25, 0.3) is 0 Å². The molecule has 8 heteroatoms. The molecule has 4 atom stereocenters. The summed E-state index contributed by atoms with van der Waals surface area (Å²) >= 11 is 1.62. The predicted molar refractivity (Wildman–Crippen MR) is 62.5 cm³/mol. The molecular weight excluding hydrogens is 315 g/mol. The Morgan fingerprint density at radius 3 is 2.13 bits per heavy atom. The molecule has 1 unspecified atom stereocenters. The van der Waals surface area contributed by atoms with Crippen LogP contribution < -0.4 is 22.9 Å². The number of aliphatic hydroxyl groups excluding tert-OH is 2. The monoisotopic (exact) mass is 330 g/mol. The molecule has 0 spiro atoms. The van der Waals surface area contributed by atoms with Crippen LogP contribution in [0.1, 0.15) is 6.92 Å². The van der Waals surface area contributed by atoms with Crippen LogP contribution in [0, 0.1) is 0 Å². The van der Waals surface area contributed by atoms with Crippen molar-refractivity contribution in [3.63, 3.8) is 0 Å². The molecule has 0 aliphatic heterocycles. The first-order valence-electron chi connectivity index (χ1n) is 4.13. The molecular formula is C7H15IN4O3. The lowest BCUT2D eigenvalue weighted by Crippen LogP contribution is -2.78. The highest BCUT2D eigenvalue weighted by Crippen LogP contribution is 2.42. The van der Waals surface area contributed by atoms with Crippen molar-refractivity contribution >= 4 is 22.6 Å². The van der Waals surface area contributed by atoms with E-state index in [4.69, 9.17) is 22.9 Å². The molecule has 0 aromatic carbocycles. The van der Waals surface area contributed by atoms with Crippen molar-refractivity contribution < 1.29 is 15.3 Å². The van der Waals surface area contributed by atoms with Gasteiger partial charge in [-0.15, -0.1) is 0 Å². The average molecular weight is 330 g/mol. The van der Waals surface area contributed by atoms with E-state index >= 15 is 0 Å². The number of alkyl halides is 1. The van der Waals surface area contributed by atoms with E-state index in [1.165, 1.54) is 6.92 Å². The second-order valence-corrected chi connectivity index (χ2v) is 5.75. The number of halogens is 1. The zero-order valence-electron chi connectivity index (χ0n) is 8.11. The summed E-state index contributed by atoms with van der Waals surface area (Å²) in [5.41, 5.74) is 18.0. The first-order chi connectivity index (χ1) is 6.47. The van der Waals surface area contributed by atoms with Crippen LogP contribution in [0.2, 0.25) is 0 Å². The first-order valence-corrected chi connectivity index (χ1v) is 5.21. The highest BCUT2D eigenvalue weighted by atomic mass is 127. The second-order valence-electron chi connectivity index (χ2n) is 3.96. The topological polar surface area (TPSA) is 165 Å². The number of aliphatic hydroxyl groups is 3. The zero-order chi connectivity index (χ0) is 12.2. The van der Waals surface area contributed by atoms with Crippen molar-refractivity contribution in [2.24, 2.45) is 22.9 Å². The summed E-state index contributed by atoms with van der Waals surface area (Å²) in [5, 5.41) is 29.2. The minimum Gasteiger partial charge on any atom is -0.508 e. The quantitative estimate of drug-likeness (QED) is 0.112. The average Bonchev–Trinajstić information content (AvgIpc) is 2.12. The van der Waals surface area contributed by atoms with Crippen LogP contribution in [0.3, 0.4) is 0 Å². The van der Waals surface area contributed by atoms with Gasteiger partial charge in [0, 0.05) is 0 Å². The fourth-order valence-corrected chi connectivity index (χ4v) is 2.13. The van der Waals surface area contributed by atoms with E-state index < -0.39 is 32.4 Å². The van der Waals surface area contributed by atoms with Crippen LogP contribution in [-0.4, -0.2) is 36.2 Å². The van der Waals surface area contributed by atoms with Gasteiger partial charge in [-0.2, -0.15) is 0 Å². The van der Waals surface area contributed by atoms with E-state index in [-0.39, 0.29) is 0 Å². The van der Waals surface area contributed by atoms with E-state index in [0.717, 1.165) is 0 Å². The Balaban J connectivity index is 3.48. The highest BCUT2D eigenvalue weighted by Gasteiger charge is 2.61. The lowest BCUT2D eigenvalue weighted by molar-refractivity contribution is -0.0861. The number of nitrogens with two attached hydrogens (primary N) is 4. The van der Waals surface area contributed by atoms with Crippen molar-refractivity contribution in [3.8, 4) is 0 Å². The normalized spacial score (nSPS) is 52.1. The number of rotatable bonds is 0. The lowest BCUT2D eigenvalue weighted by Gasteiger charge is -2.50. The van der Waals surface area contributed by atoms with Gasteiger partial charge in [-0.1, -0.05) is 22.6 Å².